The first-order chi connectivity index (χ1) is 14.6. The number of benzene rings is 3. The Morgan fingerprint density at radius 3 is 2.73 bits per heavy atom. The van der Waals surface area contributed by atoms with Crippen LogP contribution in [0.5, 0.6) is 0 Å². The lowest BCUT2D eigenvalue weighted by Gasteiger charge is -2.08. The van der Waals surface area contributed by atoms with Crippen LogP contribution in [0.15, 0.2) is 60.8 Å². The maximum Gasteiger partial charge on any atom is 0.253 e. The summed E-state index contributed by atoms with van der Waals surface area (Å²) in [5.41, 5.74) is 9.26. The van der Waals surface area contributed by atoms with E-state index >= 15 is 0 Å². The van der Waals surface area contributed by atoms with Crippen molar-refractivity contribution in [3.8, 4) is 0 Å². The van der Waals surface area contributed by atoms with E-state index in [2.05, 4.69) is 37.7 Å². The molecule has 2 aromatic heterocycles. The zero-order chi connectivity index (χ0) is 20.7. The second-order valence-electron chi connectivity index (χ2n) is 7.13. The van der Waals surface area contributed by atoms with E-state index < -0.39 is 0 Å². The van der Waals surface area contributed by atoms with E-state index in [1.54, 1.807) is 13.2 Å². The molecule has 0 radical (unpaired) electrons. The predicted octanol–water partition coefficient (Wildman–Crippen LogP) is 3.82. The first-order valence-electron chi connectivity index (χ1n) is 9.65. The van der Waals surface area contributed by atoms with Gasteiger partial charge in [0.1, 0.15) is 5.82 Å². The molecule has 30 heavy (non-hydrogen) atoms. The molecule has 148 valence electrons. The van der Waals surface area contributed by atoms with E-state index in [1.165, 1.54) is 0 Å². The van der Waals surface area contributed by atoms with Crippen LogP contribution in [0.1, 0.15) is 15.9 Å². The van der Waals surface area contributed by atoms with Crippen molar-refractivity contribution in [2.24, 2.45) is 0 Å². The maximum absolute atomic E-state index is 12.9. The van der Waals surface area contributed by atoms with Crippen molar-refractivity contribution in [1.82, 2.24) is 20.3 Å². The van der Waals surface area contributed by atoms with Crippen LogP contribution in [-0.2, 0) is 6.54 Å². The molecule has 3 aromatic carbocycles. The minimum Gasteiger partial charge on any atom is -0.383 e. The van der Waals surface area contributed by atoms with Gasteiger partial charge in [0.05, 0.1) is 16.6 Å². The molecule has 1 amide bonds. The minimum atomic E-state index is -0.130. The van der Waals surface area contributed by atoms with Gasteiger partial charge in [0, 0.05) is 35.9 Å². The summed E-state index contributed by atoms with van der Waals surface area (Å²) in [5.74, 6) is 0.757. The Kier molecular flexibility index (Phi) is 4.21. The number of H-pyrrole nitrogens is 1. The van der Waals surface area contributed by atoms with Crippen molar-refractivity contribution in [1.29, 1.82) is 0 Å². The molecule has 7 nitrogen and oxygen atoms in total. The van der Waals surface area contributed by atoms with Gasteiger partial charge in [-0.3, -0.25) is 4.79 Å². The van der Waals surface area contributed by atoms with Crippen molar-refractivity contribution >= 4 is 50.3 Å². The molecule has 5 N–H and O–H groups in total. The topological polar surface area (TPSA) is 109 Å². The van der Waals surface area contributed by atoms with Gasteiger partial charge in [0.15, 0.2) is 0 Å². The summed E-state index contributed by atoms with van der Waals surface area (Å²) >= 11 is 0. The lowest BCUT2D eigenvalue weighted by atomic mass is 10.1. The summed E-state index contributed by atoms with van der Waals surface area (Å²) in [4.78, 5) is 24.7. The van der Waals surface area contributed by atoms with Crippen LogP contribution < -0.4 is 16.4 Å². The van der Waals surface area contributed by atoms with Crippen molar-refractivity contribution < 1.29 is 4.79 Å². The van der Waals surface area contributed by atoms with Gasteiger partial charge in [0.25, 0.3) is 5.91 Å². The second kappa shape index (κ2) is 7.04. The Balaban J connectivity index is 1.41. The SMILES string of the molecule is CNc1nc(N)c2ccc(CNC(=O)c3c[nH]c4c3ccc3ccccc34)cc2n1. The van der Waals surface area contributed by atoms with Crippen LogP contribution >= 0.6 is 0 Å². The number of nitrogen functional groups attached to an aromatic ring is 1. The van der Waals surface area contributed by atoms with Gasteiger partial charge in [-0.15, -0.1) is 0 Å². The third-order valence-electron chi connectivity index (χ3n) is 5.29. The largest absolute Gasteiger partial charge is 0.383 e. The molecular formula is C23H20N6O. The van der Waals surface area contributed by atoms with Crippen molar-refractivity contribution in [2.75, 3.05) is 18.1 Å². The molecule has 2 heterocycles. The highest BCUT2D eigenvalue weighted by molar-refractivity contribution is 6.14. The van der Waals surface area contributed by atoms with Gasteiger partial charge in [-0.25, -0.2) is 4.98 Å². The summed E-state index contributed by atoms with van der Waals surface area (Å²) in [6.45, 7) is 0.383. The molecule has 7 heteroatoms. The van der Waals surface area contributed by atoms with Crippen LogP contribution in [0.3, 0.4) is 0 Å². The van der Waals surface area contributed by atoms with Gasteiger partial charge in [-0.1, -0.05) is 42.5 Å². The van der Waals surface area contributed by atoms with Crippen LogP contribution in [0.4, 0.5) is 11.8 Å². The molecule has 5 rings (SSSR count). The quantitative estimate of drug-likeness (QED) is 0.369. The van der Waals surface area contributed by atoms with Crippen LogP contribution in [0.2, 0.25) is 0 Å². The fourth-order valence-corrected chi connectivity index (χ4v) is 3.76. The van der Waals surface area contributed by atoms with Gasteiger partial charge in [-0.2, -0.15) is 4.98 Å². The van der Waals surface area contributed by atoms with Crippen molar-refractivity contribution in [3.05, 3.63) is 71.9 Å². The third kappa shape index (κ3) is 2.97. The Bertz CT molecular complexity index is 1420. The molecule has 0 aliphatic heterocycles. The van der Waals surface area contributed by atoms with Gasteiger partial charge >= 0.3 is 0 Å². The molecule has 5 aromatic rings. The Hall–Kier alpha value is -4.13. The van der Waals surface area contributed by atoms with Gasteiger partial charge < -0.3 is 21.4 Å². The number of carbonyl (C=O) groups excluding carboxylic acids is 1. The average Bonchev–Trinajstić information content (AvgIpc) is 3.22. The molecule has 0 saturated heterocycles. The summed E-state index contributed by atoms with van der Waals surface area (Å²) < 4.78 is 0. The monoisotopic (exact) mass is 396 g/mol. The Morgan fingerprint density at radius 2 is 1.87 bits per heavy atom. The summed E-state index contributed by atoms with van der Waals surface area (Å²) in [6.07, 6.45) is 1.76. The van der Waals surface area contributed by atoms with Gasteiger partial charge in [-0.05, 0) is 23.1 Å². The molecule has 0 saturated carbocycles. The summed E-state index contributed by atoms with van der Waals surface area (Å²) in [5, 5.41) is 9.83. The number of amides is 1. The lowest BCUT2D eigenvalue weighted by molar-refractivity contribution is 0.0952. The molecule has 0 spiro atoms. The predicted molar refractivity (Wildman–Crippen MR) is 120 cm³/mol. The highest BCUT2D eigenvalue weighted by Crippen LogP contribution is 2.27. The van der Waals surface area contributed by atoms with Gasteiger partial charge in [0.2, 0.25) is 5.95 Å². The van der Waals surface area contributed by atoms with E-state index in [0.717, 1.165) is 38.1 Å². The standard InChI is InChI=1S/C23H20N6O/c1-25-23-28-19-10-13(6-8-17(19)21(24)29-23)11-27-22(30)18-12-26-20-15-5-3-2-4-14(15)7-9-16(18)20/h2-10,12,26H,11H2,1H3,(H,27,30)(H3,24,25,28,29). The number of aromatic amines is 1. The number of fused-ring (bicyclic) bond motifs is 4. The number of aromatic nitrogens is 3. The zero-order valence-electron chi connectivity index (χ0n) is 16.4. The molecule has 0 atom stereocenters. The second-order valence-corrected chi connectivity index (χ2v) is 7.13. The normalized spacial score (nSPS) is 11.2. The zero-order valence-corrected chi connectivity index (χ0v) is 16.4. The summed E-state index contributed by atoms with van der Waals surface area (Å²) in [6, 6.07) is 17.9. The highest BCUT2D eigenvalue weighted by atomic mass is 16.1. The number of carbonyl (C=O) groups is 1. The van der Waals surface area contributed by atoms with Crippen molar-refractivity contribution in [3.63, 3.8) is 0 Å². The van der Waals surface area contributed by atoms with Crippen LogP contribution in [0, 0.1) is 0 Å². The number of nitrogens with one attached hydrogen (secondary N) is 3. The van der Waals surface area contributed by atoms with E-state index in [0.29, 0.717) is 23.9 Å². The number of rotatable bonds is 4. The summed E-state index contributed by atoms with van der Waals surface area (Å²) in [7, 11) is 1.75. The molecule has 0 aliphatic carbocycles. The number of nitrogens with two attached hydrogens (primary N) is 1. The number of nitrogens with zero attached hydrogens (tertiary/aromatic N) is 2. The maximum atomic E-state index is 12.9. The number of hydrogen-bond acceptors (Lipinski definition) is 5. The van der Waals surface area contributed by atoms with E-state index in [-0.39, 0.29) is 5.91 Å². The minimum absolute atomic E-state index is 0.130. The smallest absolute Gasteiger partial charge is 0.253 e. The molecule has 0 unspecified atom stereocenters. The molecular weight excluding hydrogens is 376 g/mol. The molecule has 0 bridgehead atoms. The fourth-order valence-electron chi connectivity index (χ4n) is 3.76. The fraction of sp³-hybridized carbons (Fsp3) is 0.0870. The lowest BCUT2D eigenvalue weighted by Crippen LogP contribution is -2.22. The first kappa shape index (κ1) is 17.9. The van der Waals surface area contributed by atoms with Crippen LogP contribution in [0.25, 0.3) is 32.6 Å². The van der Waals surface area contributed by atoms with E-state index in [1.807, 2.05) is 42.5 Å². The average molecular weight is 396 g/mol. The van der Waals surface area contributed by atoms with Crippen molar-refractivity contribution in [2.45, 2.75) is 6.54 Å². The Labute approximate surface area is 172 Å². The molecule has 0 aliphatic rings. The number of anilines is 2. The molecule has 0 fully saturated rings. The van der Waals surface area contributed by atoms with E-state index in [4.69, 9.17) is 5.73 Å². The first-order valence-corrected chi connectivity index (χ1v) is 9.65. The van der Waals surface area contributed by atoms with Crippen LogP contribution in [-0.4, -0.2) is 27.9 Å². The number of hydrogen-bond donors (Lipinski definition) is 4. The Morgan fingerprint density at radius 1 is 1.03 bits per heavy atom. The van der Waals surface area contributed by atoms with E-state index in [9.17, 15) is 4.79 Å². The highest BCUT2D eigenvalue weighted by Gasteiger charge is 2.14. The third-order valence-corrected chi connectivity index (χ3v) is 5.29.